The highest BCUT2D eigenvalue weighted by atomic mass is 127. The van der Waals surface area contributed by atoms with Crippen LogP contribution in [-0.4, -0.2) is 81.8 Å². The van der Waals surface area contributed by atoms with Crippen molar-refractivity contribution in [2.45, 2.75) is 19.4 Å². The molecule has 2 aliphatic rings. The molecule has 7 nitrogen and oxygen atoms in total. The molecule has 0 aromatic heterocycles. The Labute approximate surface area is 197 Å². The van der Waals surface area contributed by atoms with Crippen LogP contribution in [0.15, 0.2) is 35.3 Å². The van der Waals surface area contributed by atoms with Gasteiger partial charge >= 0.3 is 0 Å². The summed E-state index contributed by atoms with van der Waals surface area (Å²) >= 11 is 0. The number of nitrogens with zero attached hydrogens (tertiary/aromatic N) is 3. The van der Waals surface area contributed by atoms with Crippen LogP contribution in [0, 0.1) is 11.8 Å². The summed E-state index contributed by atoms with van der Waals surface area (Å²) in [5.41, 5.74) is 1.20. The van der Waals surface area contributed by atoms with E-state index in [1.54, 1.807) is 19.0 Å². The highest BCUT2D eigenvalue weighted by Crippen LogP contribution is 2.18. The van der Waals surface area contributed by atoms with Gasteiger partial charge in [0.25, 0.3) is 0 Å². The van der Waals surface area contributed by atoms with Gasteiger partial charge in [0, 0.05) is 52.2 Å². The van der Waals surface area contributed by atoms with Gasteiger partial charge in [-0.2, -0.15) is 0 Å². The maximum absolute atomic E-state index is 12.0. The number of nitrogens with one attached hydrogen (secondary N) is 1. The van der Waals surface area contributed by atoms with Crippen LogP contribution in [0.2, 0.25) is 0 Å². The van der Waals surface area contributed by atoms with E-state index in [0.717, 1.165) is 58.3 Å². The number of halogens is 1. The van der Waals surface area contributed by atoms with Crippen LogP contribution in [0.5, 0.6) is 0 Å². The number of amides is 1. The number of aliphatic imine (C=N–C) groups is 1. The molecule has 2 fully saturated rings. The molecule has 1 amide bonds. The Morgan fingerprint density at radius 2 is 2.07 bits per heavy atom. The molecule has 2 atom stereocenters. The van der Waals surface area contributed by atoms with Crippen molar-refractivity contribution < 1.29 is 14.3 Å². The van der Waals surface area contributed by atoms with Crippen molar-refractivity contribution >= 4 is 35.8 Å². The van der Waals surface area contributed by atoms with Crippen molar-refractivity contribution in [2.24, 2.45) is 16.8 Å². The zero-order valence-corrected chi connectivity index (χ0v) is 20.4. The molecule has 0 radical (unpaired) electrons. The third kappa shape index (κ3) is 8.03. The number of hydrogen-bond acceptors (Lipinski definition) is 4. The first-order valence-electron chi connectivity index (χ1n) is 10.5. The van der Waals surface area contributed by atoms with Gasteiger partial charge in [-0.05, 0) is 18.4 Å². The first-order valence-corrected chi connectivity index (χ1v) is 10.5. The molecule has 0 spiro atoms. The molecular weight excluding hydrogens is 495 g/mol. The number of rotatable bonds is 8. The topological polar surface area (TPSA) is 66.4 Å². The van der Waals surface area contributed by atoms with Crippen molar-refractivity contribution in [3.8, 4) is 0 Å². The van der Waals surface area contributed by atoms with Gasteiger partial charge in [-0.25, -0.2) is 4.99 Å². The van der Waals surface area contributed by atoms with E-state index in [9.17, 15) is 4.79 Å². The molecule has 2 heterocycles. The summed E-state index contributed by atoms with van der Waals surface area (Å²) in [6, 6.07) is 10.3. The van der Waals surface area contributed by atoms with Crippen molar-refractivity contribution in [2.75, 3.05) is 60.1 Å². The fourth-order valence-corrected chi connectivity index (χ4v) is 3.61. The van der Waals surface area contributed by atoms with Crippen molar-refractivity contribution in [3.63, 3.8) is 0 Å². The third-order valence-corrected chi connectivity index (χ3v) is 5.49. The summed E-state index contributed by atoms with van der Waals surface area (Å²) in [7, 11) is 3.52. The Bertz CT molecular complexity index is 666. The average Bonchev–Trinajstić information content (AvgIpc) is 3.41. The second-order valence-electron chi connectivity index (χ2n) is 8.14. The summed E-state index contributed by atoms with van der Waals surface area (Å²) in [6.45, 7) is 5.86. The van der Waals surface area contributed by atoms with E-state index < -0.39 is 0 Å². The van der Waals surface area contributed by atoms with E-state index in [0.29, 0.717) is 18.4 Å². The number of benzene rings is 1. The number of likely N-dealkylation sites (N-methyl/N-ethyl adjacent to an activating group) is 1. The molecule has 2 unspecified atom stereocenters. The largest absolute Gasteiger partial charge is 0.381 e. The van der Waals surface area contributed by atoms with Crippen LogP contribution in [0.3, 0.4) is 0 Å². The van der Waals surface area contributed by atoms with Gasteiger partial charge in [-0.1, -0.05) is 30.3 Å². The first kappa shape index (κ1) is 24.9. The maximum Gasteiger partial charge on any atom is 0.243 e. The molecule has 0 saturated carbocycles. The lowest BCUT2D eigenvalue weighted by atomic mass is 10.1. The Morgan fingerprint density at radius 3 is 2.77 bits per heavy atom. The summed E-state index contributed by atoms with van der Waals surface area (Å²) in [5.74, 6) is 1.83. The lowest BCUT2D eigenvalue weighted by Crippen LogP contribution is -2.43. The van der Waals surface area contributed by atoms with Gasteiger partial charge < -0.3 is 24.6 Å². The average molecular weight is 530 g/mol. The number of likely N-dealkylation sites (tertiary alicyclic amines) is 1. The van der Waals surface area contributed by atoms with E-state index in [1.165, 1.54) is 5.56 Å². The molecule has 8 heteroatoms. The van der Waals surface area contributed by atoms with E-state index >= 15 is 0 Å². The minimum atomic E-state index is 0. The van der Waals surface area contributed by atoms with Crippen LogP contribution in [-0.2, 0) is 20.9 Å². The van der Waals surface area contributed by atoms with E-state index in [4.69, 9.17) is 9.47 Å². The number of carbonyl (C=O) groups is 1. The second kappa shape index (κ2) is 13.1. The number of carbonyl (C=O) groups excluding carboxylic acids is 1. The van der Waals surface area contributed by atoms with Crippen molar-refractivity contribution in [1.82, 2.24) is 15.1 Å². The third-order valence-electron chi connectivity index (χ3n) is 5.49. The zero-order valence-electron chi connectivity index (χ0n) is 18.1. The SMILES string of the molecule is CN(C)C(=O)CN=C(NCC1CCOC1)N1CCC(COCc2ccccc2)C1.I. The van der Waals surface area contributed by atoms with Gasteiger partial charge in [-0.15, -0.1) is 24.0 Å². The van der Waals surface area contributed by atoms with Gasteiger partial charge in [0.2, 0.25) is 5.91 Å². The summed E-state index contributed by atoms with van der Waals surface area (Å²) in [6.07, 6.45) is 2.15. The zero-order chi connectivity index (χ0) is 20.5. The molecular formula is C22H35IN4O3. The molecule has 2 aliphatic heterocycles. The maximum atomic E-state index is 12.0. The van der Waals surface area contributed by atoms with E-state index in [-0.39, 0.29) is 36.4 Å². The number of hydrogen-bond donors (Lipinski definition) is 1. The van der Waals surface area contributed by atoms with Gasteiger partial charge in [0.15, 0.2) is 5.96 Å². The molecule has 1 aromatic rings. The molecule has 0 bridgehead atoms. The predicted molar refractivity (Wildman–Crippen MR) is 129 cm³/mol. The Kier molecular flexibility index (Phi) is 10.9. The lowest BCUT2D eigenvalue weighted by Gasteiger charge is -2.23. The summed E-state index contributed by atoms with van der Waals surface area (Å²) < 4.78 is 11.4. The van der Waals surface area contributed by atoms with Crippen LogP contribution in [0.25, 0.3) is 0 Å². The van der Waals surface area contributed by atoms with Gasteiger partial charge in [-0.3, -0.25) is 4.79 Å². The molecule has 30 heavy (non-hydrogen) atoms. The highest BCUT2D eigenvalue weighted by Gasteiger charge is 2.26. The number of ether oxygens (including phenoxy) is 2. The molecule has 1 N–H and O–H groups in total. The van der Waals surface area contributed by atoms with Crippen LogP contribution in [0.1, 0.15) is 18.4 Å². The monoisotopic (exact) mass is 530 g/mol. The minimum Gasteiger partial charge on any atom is -0.381 e. The van der Waals surface area contributed by atoms with Crippen molar-refractivity contribution in [3.05, 3.63) is 35.9 Å². The van der Waals surface area contributed by atoms with Crippen LogP contribution < -0.4 is 5.32 Å². The van der Waals surface area contributed by atoms with Gasteiger partial charge in [0.1, 0.15) is 6.54 Å². The normalized spacial score (nSPS) is 21.4. The van der Waals surface area contributed by atoms with Crippen molar-refractivity contribution in [1.29, 1.82) is 0 Å². The number of guanidine groups is 1. The predicted octanol–water partition coefficient (Wildman–Crippen LogP) is 2.21. The summed E-state index contributed by atoms with van der Waals surface area (Å²) in [5, 5.41) is 3.48. The smallest absolute Gasteiger partial charge is 0.243 e. The summed E-state index contributed by atoms with van der Waals surface area (Å²) in [4.78, 5) is 20.4. The quantitative estimate of drug-likeness (QED) is 0.317. The Balaban J connectivity index is 0.00000320. The van der Waals surface area contributed by atoms with Gasteiger partial charge in [0.05, 0.1) is 19.8 Å². The minimum absolute atomic E-state index is 0. The fraction of sp³-hybridized carbons (Fsp3) is 0.636. The Morgan fingerprint density at radius 1 is 1.27 bits per heavy atom. The second-order valence-corrected chi connectivity index (χ2v) is 8.14. The first-order chi connectivity index (χ1) is 14.1. The highest BCUT2D eigenvalue weighted by molar-refractivity contribution is 14.0. The molecule has 2 saturated heterocycles. The molecule has 168 valence electrons. The lowest BCUT2D eigenvalue weighted by molar-refractivity contribution is -0.127. The van der Waals surface area contributed by atoms with E-state index in [2.05, 4.69) is 27.3 Å². The molecule has 1 aromatic carbocycles. The van der Waals surface area contributed by atoms with E-state index in [1.807, 2.05) is 18.2 Å². The molecule has 0 aliphatic carbocycles. The standard InChI is InChI=1S/C22H34N4O3.HI/c1-25(2)21(27)13-24-22(23-12-19-9-11-28-16-19)26-10-8-20(14-26)17-29-15-18-6-4-3-5-7-18;/h3-7,19-20H,8-17H2,1-2H3,(H,23,24);1H. The van der Waals surface area contributed by atoms with Crippen LogP contribution >= 0.6 is 24.0 Å². The fourth-order valence-electron chi connectivity index (χ4n) is 3.61. The molecule has 3 rings (SSSR count). The Hall–Kier alpha value is -1.39. The van der Waals surface area contributed by atoms with Crippen LogP contribution in [0.4, 0.5) is 0 Å².